The fraction of sp³-hybridized carbons (Fsp3) is 0. The van der Waals surface area contributed by atoms with Gasteiger partial charge in [0, 0.05) is 0 Å². The summed E-state index contributed by atoms with van der Waals surface area (Å²) in [7, 11) is 0. The van der Waals surface area contributed by atoms with Crippen LogP contribution in [0.15, 0.2) is 60.7 Å². The highest BCUT2D eigenvalue weighted by Crippen LogP contribution is 2.43. The average Bonchev–Trinajstić information content (AvgIpc) is 3.00. The number of hydrogen-bond donors (Lipinski definition) is 0. The first-order chi connectivity index (χ1) is 10.9. The summed E-state index contributed by atoms with van der Waals surface area (Å²) in [5.41, 5.74) is 2.70. The van der Waals surface area contributed by atoms with Gasteiger partial charge in [-0.1, -0.05) is 72.8 Å². The van der Waals surface area contributed by atoms with Crippen LogP contribution >= 0.6 is 0 Å². The molecule has 1 aliphatic rings. The van der Waals surface area contributed by atoms with Gasteiger partial charge in [-0.3, -0.25) is 0 Å². The molecular formula is C22H12. The van der Waals surface area contributed by atoms with Gasteiger partial charge in [-0.15, -0.1) is 0 Å². The lowest BCUT2D eigenvalue weighted by atomic mass is 9.88. The van der Waals surface area contributed by atoms with Crippen LogP contribution in [-0.2, 0) is 0 Å². The van der Waals surface area contributed by atoms with Crippen molar-refractivity contribution < 1.29 is 0 Å². The smallest absolute Gasteiger partial charge is 0.00143 e. The number of hydrogen-bond acceptors (Lipinski definition) is 0. The Balaban J connectivity index is 2.10. The Morgan fingerprint density at radius 1 is 0.409 bits per heavy atom. The Morgan fingerprint density at radius 2 is 0.955 bits per heavy atom. The summed E-state index contributed by atoms with van der Waals surface area (Å²) in [5.74, 6) is 0. The van der Waals surface area contributed by atoms with Crippen LogP contribution in [-0.4, -0.2) is 0 Å². The van der Waals surface area contributed by atoms with E-state index in [0.717, 1.165) is 0 Å². The molecule has 0 aliphatic heterocycles. The molecule has 0 spiro atoms. The van der Waals surface area contributed by atoms with Crippen molar-refractivity contribution in [2.75, 3.05) is 0 Å². The molecule has 0 heterocycles. The van der Waals surface area contributed by atoms with E-state index in [1.165, 1.54) is 54.2 Å². The molecule has 0 amide bonds. The molecule has 5 aromatic carbocycles. The maximum Gasteiger partial charge on any atom is -0.00143 e. The van der Waals surface area contributed by atoms with Crippen molar-refractivity contribution in [1.29, 1.82) is 0 Å². The van der Waals surface area contributed by atoms with Gasteiger partial charge in [0.1, 0.15) is 0 Å². The summed E-state index contributed by atoms with van der Waals surface area (Å²) >= 11 is 0. The molecule has 1 aliphatic carbocycles. The average molecular weight is 276 g/mol. The molecule has 0 unspecified atom stereocenters. The minimum atomic E-state index is 1.33. The van der Waals surface area contributed by atoms with E-state index in [2.05, 4.69) is 72.8 Å². The van der Waals surface area contributed by atoms with E-state index < -0.39 is 0 Å². The van der Waals surface area contributed by atoms with Crippen LogP contribution in [0.2, 0.25) is 0 Å². The van der Waals surface area contributed by atoms with Crippen LogP contribution in [0.4, 0.5) is 0 Å². The number of benzene rings is 5. The summed E-state index contributed by atoms with van der Waals surface area (Å²) in [6.45, 7) is 0. The third kappa shape index (κ3) is 1.09. The predicted molar refractivity (Wildman–Crippen MR) is 96.6 cm³/mol. The van der Waals surface area contributed by atoms with Crippen LogP contribution in [0.1, 0.15) is 11.1 Å². The quantitative estimate of drug-likeness (QED) is 0.228. The van der Waals surface area contributed by atoms with Gasteiger partial charge in [-0.25, -0.2) is 0 Å². The molecule has 0 nitrogen and oxygen atoms in total. The van der Waals surface area contributed by atoms with Crippen LogP contribution in [0, 0.1) is 0 Å². The second kappa shape index (κ2) is 3.48. The highest BCUT2D eigenvalue weighted by atomic mass is 14.2. The van der Waals surface area contributed by atoms with E-state index in [-0.39, 0.29) is 0 Å². The van der Waals surface area contributed by atoms with Crippen molar-refractivity contribution in [3.63, 3.8) is 0 Å². The molecule has 0 heteroatoms. The molecule has 0 saturated heterocycles. The molecule has 22 heavy (non-hydrogen) atoms. The van der Waals surface area contributed by atoms with Crippen molar-refractivity contribution in [2.24, 2.45) is 0 Å². The third-order valence-electron chi connectivity index (χ3n) is 5.15. The highest BCUT2D eigenvalue weighted by molar-refractivity contribution is 6.34. The molecule has 0 radical (unpaired) electrons. The molecule has 100 valence electrons. The van der Waals surface area contributed by atoms with Crippen LogP contribution < -0.4 is 0 Å². The second-order valence-electron chi connectivity index (χ2n) is 6.20. The van der Waals surface area contributed by atoms with E-state index in [4.69, 9.17) is 0 Å². The Bertz CT molecular complexity index is 1170. The van der Waals surface area contributed by atoms with Gasteiger partial charge in [0.2, 0.25) is 0 Å². The Hall–Kier alpha value is -2.86. The summed E-state index contributed by atoms with van der Waals surface area (Å²) in [5, 5.41) is 11.1. The molecule has 0 N–H and O–H groups in total. The zero-order valence-corrected chi connectivity index (χ0v) is 11.9. The zero-order chi connectivity index (χ0) is 14.3. The summed E-state index contributed by atoms with van der Waals surface area (Å²) in [4.78, 5) is 0. The molecule has 5 aromatic rings. The van der Waals surface area contributed by atoms with Crippen molar-refractivity contribution in [3.05, 3.63) is 71.8 Å². The first-order valence-electron chi connectivity index (χ1n) is 7.72. The highest BCUT2D eigenvalue weighted by Gasteiger charge is 2.17. The third-order valence-corrected chi connectivity index (χ3v) is 5.15. The fourth-order valence-corrected chi connectivity index (χ4v) is 4.25. The van der Waals surface area contributed by atoms with Gasteiger partial charge < -0.3 is 0 Å². The van der Waals surface area contributed by atoms with Crippen LogP contribution in [0.25, 0.3) is 55.2 Å². The molecular weight excluding hydrogens is 264 g/mol. The van der Waals surface area contributed by atoms with Crippen molar-refractivity contribution >= 4 is 55.2 Å². The lowest BCUT2D eigenvalue weighted by Gasteiger charge is -2.15. The van der Waals surface area contributed by atoms with Gasteiger partial charge >= 0.3 is 0 Å². The molecule has 6 rings (SSSR count). The van der Waals surface area contributed by atoms with E-state index in [9.17, 15) is 0 Å². The minimum absolute atomic E-state index is 1.33. The molecule has 0 aromatic heterocycles. The number of fused-ring (bicyclic) bond motifs is 2. The Labute approximate surface area is 127 Å². The lowest BCUT2D eigenvalue weighted by Crippen LogP contribution is -1.88. The maximum atomic E-state index is 2.30. The molecule has 0 bridgehead atoms. The first-order valence-corrected chi connectivity index (χ1v) is 7.72. The molecule has 0 fully saturated rings. The number of rotatable bonds is 0. The minimum Gasteiger partial charge on any atom is -0.0610 e. The monoisotopic (exact) mass is 276 g/mol. The SMILES string of the molecule is C1=Cc2ccc3c4cccc5cccc(c6ccc1c2c63)c54. The fourth-order valence-electron chi connectivity index (χ4n) is 4.25. The van der Waals surface area contributed by atoms with Crippen molar-refractivity contribution in [2.45, 2.75) is 0 Å². The van der Waals surface area contributed by atoms with Crippen LogP contribution in [0.3, 0.4) is 0 Å². The van der Waals surface area contributed by atoms with E-state index in [0.29, 0.717) is 0 Å². The van der Waals surface area contributed by atoms with Gasteiger partial charge in [-0.2, -0.15) is 0 Å². The van der Waals surface area contributed by atoms with Crippen LogP contribution in [0.5, 0.6) is 0 Å². The Morgan fingerprint density at radius 3 is 1.55 bits per heavy atom. The largest absolute Gasteiger partial charge is 0.0610 e. The summed E-state index contributed by atoms with van der Waals surface area (Å²) in [6, 6.07) is 22.4. The van der Waals surface area contributed by atoms with Crippen molar-refractivity contribution in [1.82, 2.24) is 0 Å². The van der Waals surface area contributed by atoms with E-state index in [1.807, 2.05) is 0 Å². The van der Waals surface area contributed by atoms with Gasteiger partial charge in [0.25, 0.3) is 0 Å². The van der Waals surface area contributed by atoms with E-state index in [1.54, 1.807) is 0 Å². The molecule has 0 saturated carbocycles. The summed E-state index contributed by atoms with van der Waals surface area (Å²) in [6.07, 6.45) is 4.47. The van der Waals surface area contributed by atoms with Gasteiger partial charge in [0.15, 0.2) is 0 Å². The van der Waals surface area contributed by atoms with Gasteiger partial charge in [0.05, 0.1) is 0 Å². The van der Waals surface area contributed by atoms with E-state index >= 15 is 0 Å². The predicted octanol–water partition coefficient (Wildman–Crippen LogP) is 6.22. The topological polar surface area (TPSA) is 0 Å². The lowest BCUT2D eigenvalue weighted by molar-refractivity contribution is 1.76. The van der Waals surface area contributed by atoms with Gasteiger partial charge in [-0.05, 0) is 54.2 Å². The molecule has 0 atom stereocenters. The van der Waals surface area contributed by atoms with Crippen molar-refractivity contribution in [3.8, 4) is 0 Å². The Kier molecular flexibility index (Phi) is 1.71. The first kappa shape index (κ1) is 10.8. The normalized spacial score (nSPS) is 13.3. The zero-order valence-electron chi connectivity index (χ0n) is 11.9. The second-order valence-corrected chi connectivity index (χ2v) is 6.20. The maximum absolute atomic E-state index is 2.30. The standard InChI is InChI=1S/C22H12/c1-3-13-4-2-6-17-19-12-10-15-8-7-14-9-11-18(22(19)20(14)15)16(5-1)21(13)17/h1-12H. The summed E-state index contributed by atoms with van der Waals surface area (Å²) < 4.78 is 0.